The number of hydrogen-bond acceptors (Lipinski definition) is 4. The average Bonchev–Trinajstić information content (AvgIpc) is 2.91. The van der Waals surface area contributed by atoms with Crippen molar-refractivity contribution < 1.29 is 19.0 Å². The first-order valence-electron chi connectivity index (χ1n) is 6.66. The fourth-order valence-corrected chi connectivity index (χ4v) is 1.97. The van der Waals surface area contributed by atoms with Crippen LogP contribution in [-0.2, 0) is 9.47 Å². The first-order valence-corrected chi connectivity index (χ1v) is 6.66. The van der Waals surface area contributed by atoms with Crippen molar-refractivity contribution in [3.05, 3.63) is 36.3 Å². The molecule has 1 aliphatic rings. The molecule has 0 aliphatic carbocycles. The largest absolute Gasteiger partial charge is 0.466 e. The molecule has 0 aromatic carbocycles. The topological polar surface area (TPSA) is 51.8 Å². The van der Waals surface area contributed by atoms with E-state index in [1.165, 1.54) is 6.26 Å². The van der Waals surface area contributed by atoms with Gasteiger partial charge in [0.2, 0.25) is 5.79 Å². The smallest absolute Gasteiger partial charge is 0.222 e. The second kappa shape index (κ2) is 5.49. The Bertz CT molecular complexity index is 409. The zero-order valence-corrected chi connectivity index (χ0v) is 11.8. The Kier molecular flexibility index (Phi) is 4.13. The molecule has 2 rings (SSSR count). The van der Waals surface area contributed by atoms with Crippen LogP contribution >= 0.6 is 0 Å². The minimum atomic E-state index is -1.15. The van der Waals surface area contributed by atoms with Crippen molar-refractivity contribution in [1.82, 2.24) is 0 Å². The fourth-order valence-electron chi connectivity index (χ4n) is 1.97. The van der Waals surface area contributed by atoms with E-state index in [4.69, 9.17) is 13.9 Å². The van der Waals surface area contributed by atoms with Crippen molar-refractivity contribution in [3.8, 4) is 0 Å². The van der Waals surface area contributed by atoms with Gasteiger partial charge in [0.15, 0.2) is 6.10 Å². The van der Waals surface area contributed by atoms with E-state index in [0.29, 0.717) is 19.0 Å². The van der Waals surface area contributed by atoms with Gasteiger partial charge in [-0.25, -0.2) is 0 Å². The molecular weight excluding hydrogens is 244 g/mol. The van der Waals surface area contributed by atoms with E-state index in [9.17, 15) is 5.11 Å². The number of aliphatic hydroxyl groups excluding tert-OH is 1. The lowest BCUT2D eigenvalue weighted by atomic mass is 9.93. The van der Waals surface area contributed by atoms with Crippen molar-refractivity contribution in [2.24, 2.45) is 5.41 Å². The van der Waals surface area contributed by atoms with Crippen molar-refractivity contribution >= 4 is 0 Å². The van der Waals surface area contributed by atoms with Crippen molar-refractivity contribution in [2.75, 3.05) is 13.2 Å². The molecule has 0 amide bonds. The summed E-state index contributed by atoms with van der Waals surface area (Å²) >= 11 is 0. The van der Waals surface area contributed by atoms with Gasteiger partial charge in [0.05, 0.1) is 19.5 Å². The average molecular weight is 266 g/mol. The number of rotatable bonds is 4. The number of furan rings is 1. The van der Waals surface area contributed by atoms with Gasteiger partial charge in [0.1, 0.15) is 5.76 Å². The standard InChI is InChI=1S/C15H22O4/c1-4-5-8-15(13(16)12-7-6-9-17-12)18-10-14(2,3)11-19-15/h5-9,13,16H,4,10-11H2,1-3H3/b8-5-. The van der Waals surface area contributed by atoms with Gasteiger partial charge in [-0.1, -0.05) is 26.8 Å². The number of ether oxygens (including phenoxy) is 2. The highest BCUT2D eigenvalue weighted by atomic mass is 16.7. The number of hydrogen-bond donors (Lipinski definition) is 1. The second-order valence-electron chi connectivity index (χ2n) is 5.69. The third kappa shape index (κ3) is 3.08. The molecule has 0 saturated carbocycles. The summed E-state index contributed by atoms with van der Waals surface area (Å²) in [5.41, 5.74) is -0.0492. The summed E-state index contributed by atoms with van der Waals surface area (Å²) in [6.07, 6.45) is 5.13. The molecule has 1 unspecified atom stereocenters. The maximum absolute atomic E-state index is 10.5. The lowest BCUT2D eigenvalue weighted by molar-refractivity contribution is -0.311. The Morgan fingerprint density at radius 2 is 2.05 bits per heavy atom. The van der Waals surface area contributed by atoms with Gasteiger partial charge in [-0.2, -0.15) is 0 Å². The fraction of sp³-hybridized carbons (Fsp3) is 0.600. The van der Waals surface area contributed by atoms with E-state index < -0.39 is 11.9 Å². The highest BCUT2D eigenvalue weighted by Crippen LogP contribution is 2.39. The Morgan fingerprint density at radius 1 is 1.37 bits per heavy atom. The minimum Gasteiger partial charge on any atom is -0.466 e. The van der Waals surface area contributed by atoms with Gasteiger partial charge in [0, 0.05) is 5.41 Å². The van der Waals surface area contributed by atoms with Gasteiger partial charge in [0.25, 0.3) is 0 Å². The van der Waals surface area contributed by atoms with Crippen LogP contribution in [-0.4, -0.2) is 24.1 Å². The summed E-state index contributed by atoms with van der Waals surface area (Å²) in [6, 6.07) is 3.46. The first-order chi connectivity index (χ1) is 8.99. The van der Waals surface area contributed by atoms with Crippen LogP contribution in [0.5, 0.6) is 0 Å². The van der Waals surface area contributed by atoms with Crippen molar-refractivity contribution in [1.29, 1.82) is 0 Å². The van der Waals surface area contributed by atoms with E-state index >= 15 is 0 Å². The zero-order valence-electron chi connectivity index (χ0n) is 11.8. The van der Waals surface area contributed by atoms with Gasteiger partial charge in [-0.15, -0.1) is 0 Å². The van der Waals surface area contributed by atoms with E-state index in [-0.39, 0.29) is 5.41 Å². The summed E-state index contributed by atoms with van der Waals surface area (Å²) in [6.45, 7) is 7.22. The van der Waals surface area contributed by atoms with Gasteiger partial charge < -0.3 is 19.0 Å². The molecule has 1 atom stereocenters. The summed E-state index contributed by atoms with van der Waals surface area (Å²) in [5.74, 6) is -0.705. The van der Waals surface area contributed by atoms with Crippen LogP contribution in [0.1, 0.15) is 39.1 Å². The van der Waals surface area contributed by atoms with Crippen LogP contribution in [0.3, 0.4) is 0 Å². The summed E-state index contributed by atoms with van der Waals surface area (Å²) in [7, 11) is 0. The molecule has 0 bridgehead atoms. The van der Waals surface area contributed by atoms with E-state index in [0.717, 1.165) is 6.42 Å². The number of allylic oxidation sites excluding steroid dienone is 1. The molecule has 0 spiro atoms. The monoisotopic (exact) mass is 266 g/mol. The lowest BCUT2D eigenvalue weighted by Gasteiger charge is -2.43. The first kappa shape index (κ1) is 14.3. The quantitative estimate of drug-likeness (QED) is 0.851. The van der Waals surface area contributed by atoms with Gasteiger partial charge in [-0.05, 0) is 24.6 Å². The normalized spacial score (nSPS) is 23.6. The highest BCUT2D eigenvalue weighted by Gasteiger charge is 2.46. The van der Waals surface area contributed by atoms with Crippen LogP contribution in [0, 0.1) is 5.41 Å². The Hall–Kier alpha value is -1.10. The SMILES string of the molecule is CC/C=C\C1(C(O)c2ccco2)OCC(C)(C)CO1. The van der Waals surface area contributed by atoms with E-state index in [2.05, 4.69) is 13.8 Å². The molecule has 1 N–H and O–H groups in total. The van der Waals surface area contributed by atoms with Crippen molar-refractivity contribution in [2.45, 2.75) is 39.1 Å². The molecule has 4 heteroatoms. The molecule has 106 valence electrons. The van der Waals surface area contributed by atoms with E-state index in [1.54, 1.807) is 18.2 Å². The second-order valence-corrected chi connectivity index (χ2v) is 5.69. The number of aliphatic hydroxyl groups is 1. The molecule has 19 heavy (non-hydrogen) atoms. The molecular formula is C15H22O4. The maximum Gasteiger partial charge on any atom is 0.222 e. The summed E-state index contributed by atoms with van der Waals surface area (Å²) in [4.78, 5) is 0. The van der Waals surface area contributed by atoms with Crippen LogP contribution in [0.15, 0.2) is 35.0 Å². The van der Waals surface area contributed by atoms with Crippen LogP contribution < -0.4 is 0 Å². The molecule has 1 aromatic heterocycles. The third-order valence-corrected chi connectivity index (χ3v) is 3.16. The van der Waals surface area contributed by atoms with Gasteiger partial charge >= 0.3 is 0 Å². The summed E-state index contributed by atoms with van der Waals surface area (Å²) in [5, 5.41) is 10.5. The Morgan fingerprint density at radius 3 is 2.58 bits per heavy atom. The van der Waals surface area contributed by atoms with Crippen LogP contribution in [0.25, 0.3) is 0 Å². The molecule has 1 fully saturated rings. The molecule has 2 heterocycles. The predicted octanol–water partition coefficient (Wildman–Crippen LogP) is 3.05. The summed E-state index contributed by atoms with van der Waals surface area (Å²) < 4.78 is 17.0. The maximum atomic E-state index is 10.5. The van der Waals surface area contributed by atoms with Crippen molar-refractivity contribution in [3.63, 3.8) is 0 Å². The molecule has 1 aliphatic heterocycles. The molecule has 1 saturated heterocycles. The molecule has 0 radical (unpaired) electrons. The van der Waals surface area contributed by atoms with Crippen LogP contribution in [0.4, 0.5) is 0 Å². The van der Waals surface area contributed by atoms with E-state index in [1.807, 2.05) is 13.0 Å². The minimum absolute atomic E-state index is 0.0492. The van der Waals surface area contributed by atoms with Crippen LogP contribution in [0.2, 0.25) is 0 Å². The Labute approximate surface area is 114 Å². The zero-order chi connectivity index (χ0) is 13.9. The van der Waals surface area contributed by atoms with Gasteiger partial charge in [-0.3, -0.25) is 0 Å². The predicted molar refractivity (Wildman–Crippen MR) is 71.5 cm³/mol. The Balaban J connectivity index is 2.23. The molecule has 1 aromatic rings. The third-order valence-electron chi connectivity index (χ3n) is 3.16. The highest BCUT2D eigenvalue weighted by molar-refractivity contribution is 5.12. The molecule has 4 nitrogen and oxygen atoms in total. The lowest BCUT2D eigenvalue weighted by Crippen LogP contribution is -2.50.